The van der Waals surface area contributed by atoms with Crippen molar-refractivity contribution in [2.45, 2.75) is 463 Å². The number of aliphatic hydroxyl groups is 2. The summed E-state index contributed by atoms with van der Waals surface area (Å²) in [6.07, 6.45) is 127. The van der Waals surface area contributed by atoms with Crippen LogP contribution in [-0.2, 0) is 55.8 Å². The number of hydrogen-bond donors (Lipinski definition) is 4. The largest absolute Gasteiger partial charge is 0.472 e. The van der Waals surface area contributed by atoms with E-state index < -0.39 is 91.5 Å². The molecule has 18 heteroatoms. The summed E-state index contributed by atoms with van der Waals surface area (Å²) in [5, 5.41) is 20.8. The topological polar surface area (TPSA) is 231 Å². The summed E-state index contributed by atoms with van der Waals surface area (Å²) in [4.78, 5) is 59.1. The van der Waals surface area contributed by atoms with Crippen molar-refractivity contribution in [3.05, 3.63) is 158 Å². The number of phosphoric acid groups is 2. The summed E-state index contributed by atoms with van der Waals surface area (Å²) in [5.74, 6) is -1.58. The predicted molar refractivity (Wildman–Crippen MR) is 528 cm³/mol. The van der Waals surface area contributed by atoms with Gasteiger partial charge in [-0.05, 0) is 154 Å². The molecule has 0 aromatic rings. The minimum absolute atomic E-state index is 0.0804. The van der Waals surface area contributed by atoms with Crippen LogP contribution >= 0.6 is 15.6 Å². The molecule has 0 aliphatic rings. The van der Waals surface area contributed by atoms with Crippen molar-refractivity contribution < 1.29 is 75.8 Å². The average molecular weight is 1790 g/mol. The van der Waals surface area contributed by atoms with E-state index in [4.69, 9.17) is 32.3 Å². The zero-order valence-corrected chi connectivity index (χ0v) is 81.5. The molecule has 4 N–H and O–H groups in total. The maximum atomic E-state index is 13.1. The van der Waals surface area contributed by atoms with Gasteiger partial charge in [-0.1, -0.05) is 429 Å². The first-order chi connectivity index (χ1) is 61.2. The van der Waals surface area contributed by atoms with Gasteiger partial charge in [0.15, 0.2) is 6.10 Å². The summed E-state index contributed by atoms with van der Waals surface area (Å²) in [7, 11) is -9.82. The van der Waals surface area contributed by atoms with Crippen LogP contribution in [0, 0.1) is 0 Å². The Labute approximate surface area is 765 Å². The third-order valence-corrected chi connectivity index (χ3v) is 23.6. The van der Waals surface area contributed by atoms with Crippen LogP contribution in [0.15, 0.2) is 158 Å². The quantitative estimate of drug-likeness (QED) is 0.0146. The maximum absolute atomic E-state index is 13.1. The average Bonchev–Trinajstić information content (AvgIpc) is 0.899. The highest BCUT2D eigenvalue weighted by atomic mass is 31.2. The molecule has 5 atom stereocenters. The fourth-order valence-corrected chi connectivity index (χ4v) is 15.6. The van der Waals surface area contributed by atoms with E-state index in [1.54, 1.807) is 0 Å². The number of hydrogen-bond acceptors (Lipinski definition) is 14. The van der Waals surface area contributed by atoms with Crippen molar-refractivity contribution in [3.8, 4) is 0 Å². The molecule has 0 saturated heterocycles. The first kappa shape index (κ1) is 120. The fourth-order valence-electron chi connectivity index (χ4n) is 14.0. The zero-order valence-electron chi connectivity index (χ0n) is 79.7. The molecule has 0 spiro atoms. The Hall–Kier alpha value is -4.83. The SMILES string of the molecule is CC/C=C\C/C=C\C/C=C\C/C=C\C/C=C\CCCCCCCC(=O)OC(COC(=O)CCCCCCCCCCCCCCCCCCC/C=C\C/C=C\C/C=C\C/C=C\CCCCC)COP(=O)(O)OCC(O)COP(=O)(O)OCC(O)COC(=O)CCCCCCCCCCCCCCCCCCCCC/C=C\C/C=C\C/C=C\C/C=C\CCCCC. The number of carbonyl (C=O) groups is 3. The molecule has 720 valence electrons. The lowest BCUT2D eigenvalue weighted by Gasteiger charge is -2.21. The van der Waals surface area contributed by atoms with Gasteiger partial charge in [-0.3, -0.25) is 32.5 Å². The van der Waals surface area contributed by atoms with Crippen molar-refractivity contribution in [3.63, 3.8) is 0 Å². The maximum Gasteiger partial charge on any atom is 0.472 e. The highest BCUT2D eigenvalue weighted by Crippen LogP contribution is 2.45. The lowest BCUT2D eigenvalue weighted by Crippen LogP contribution is -2.30. The van der Waals surface area contributed by atoms with Gasteiger partial charge in [-0.2, -0.15) is 0 Å². The molecule has 0 aromatic carbocycles. The normalized spacial score (nSPS) is 14.3. The van der Waals surface area contributed by atoms with Gasteiger partial charge in [0.05, 0.1) is 26.4 Å². The summed E-state index contributed by atoms with van der Waals surface area (Å²) in [6, 6.07) is 0. The third kappa shape index (κ3) is 99.6. The molecule has 0 aromatic heterocycles. The van der Waals surface area contributed by atoms with Gasteiger partial charge >= 0.3 is 33.6 Å². The predicted octanol–water partition coefficient (Wildman–Crippen LogP) is 32.0. The number of allylic oxidation sites excluding steroid dienone is 26. The van der Waals surface area contributed by atoms with Gasteiger partial charge in [-0.25, -0.2) is 9.13 Å². The lowest BCUT2D eigenvalue weighted by atomic mass is 10.0. The molecule has 125 heavy (non-hydrogen) atoms. The van der Waals surface area contributed by atoms with Crippen molar-refractivity contribution in [1.82, 2.24) is 0 Å². The van der Waals surface area contributed by atoms with Crippen LogP contribution in [0.3, 0.4) is 0 Å². The molecule has 5 unspecified atom stereocenters. The Kier molecular flexibility index (Phi) is 94.4. The van der Waals surface area contributed by atoms with E-state index in [-0.39, 0.29) is 19.3 Å². The van der Waals surface area contributed by atoms with Gasteiger partial charge in [-0.15, -0.1) is 0 Å². The molecular weight excluding hydrogens is 1600 g/mol. The van der Waals surface area contributed by atoms with Crippen molar-refractivity contribution in [2.75, 3.05) is 39.6 Å². The Morgan fingerprint density at radius 1 is 0.232 bits per heavy atom. The number of ether oxygens (including phenoxy) is 3. The smallest absolute Gasteiger partial charge is 0.463 e. The van der Waals surface area contributed by atoms with Gasteiger partial charge in [0.25, 0.3) is 0 Å². The molecule has 0 amide bonds. The molecule has 0 rings (SSSR count). The molecule has 0 fully saturated rings. The molecule has 0 heterocycles. The van der Waals surface area contributed by atoms with Crippen LogP contribution in [0.25, 0.3) is 0 Å². The van der Waals surface area contributed by atoms with Crippen LogP contribution in [0.4, 0.5) is 0 Å². The zero-order chi connectivity index (χ0) is 90.7. The number of esters is 3. The second kappa shape index (κ2) is 98.2. The Bertz CT molecular complexity index is 2900. The van der Waals surface area contributed by atoms with Gasteiger partial charge in [0.2, 0.25) is 0 Å². The number of aliphatic hydroxyl groups excluding tert-OH is 2. The summed E-state index contributed by atoms with van der Waals surface area (Å²) in [6.45, 7) is 2.56. The minimum atomic E-state index is -4.95. The molecule has 0 aliphatic carbocycles. The van der Waals surface area contributed by atoms with Crippen molar-refractivity contribution in [1.29, 1.82) is 0 Å². The summed E-state index contributed by atoms with van der Waals surface area (Å²) >= 11 is 0. The number of unbranched alkanes of at least 4 members (excludes halogenated alkanes) is 47. The molecule has 0 aliphatic heterocycles. The lowest BCUT2D eigenvalue weighted by molar-refractivity contribution is -0.161. The molecule has 0 saturated carbocycles. The van der Waals surface area contributed by atoms with Gasteiger partial charge in [0.1, 0.15) is 25.4 Å². The summed E-state index contributed by atoms with van der Waals surface area (Å²) in [5.41, 5.74) is 0. The number of phosphoric ester groups is 2. The van der Waals surface area contributed by atoms with E-state index >= 15 is 0 Å². The second-order valence-corrected chi connectivity index (χ2v) is 36.8. The summed E-state index contributed by atoms with van der Waals surface area (Å²) < 4.78 is 61.6. The van der Waals surface area contributed by atoms with E-state index in [1.165, 1.54) is 244 Å². The molecular formula is C107H186O16P2. The number of carbonyl (C=O) groups excluding carboxylic acids is 3. The van der Waals surface area contributed by atoms with Crippen LogP contribution in [0.1, 0.15) is 445 Å². The van der Waals surface area contributed by atoms with Crippen LogP contribution in [0.2, 0.25) is 0 Å². The van der Waals surface area contributed by atoms with E-state index in [1.807, 2.05) is 0 Å². The Morgan fingerprint density at radius 3 is 0.672 bits per heavy atom. The monoisotopic (exact) mass is 1790 g/mol. The van der Waals surface area contributed by atoms with Gasteiger partial charge in [0, 0.05) is 19.3 Å². The van der Waals surface area contributed by atoms with E-state index in [0.29, 0.717) is 19.3 Å². The minimum Gasteiger partial charge on any atom is -0.463 e. The highest BCUT2D eigenvalue weighted by molar-refractivity contribution is 7.47. The Balaban J connectivity index is 4.52. The molecule has 0 radical (unpaired) electrons. The van der Waals surface area contributed by atoms with Crippen LogP contribution in [-0.4, -0.2) is 95.9 Å². The van der Waals surface area contributed by atoms with Crippen molar-refractivity contribution in [2.24, 2.45) is 0 Å². The first-order valence-electron chi connectivity index (χ1n) is 50.8. The first-order valence-corrected chi connectivity index (χ1v) is 53.8. The number of rotatable bonds is 96. The van der Waals surface area contributed by atoms with E-state index in [0.717, 1.165) is 141 Å². The standard InChI is InChI=1S/C107H186O16P2/c1-4-7-10-13-16-19-22-25-28-31-34-37-39-41-43-45-47-49-50-52-54-55-57-59-61-64-66-69-72-75-78-81-84-87-90-93-105(110)117-96-102(108)97-119-124(113,114)120-98-103(109)99-121-125(115,116)122-101-104(123-107(112)95-92-89-86-83-80-77-74-71-68-63-36-33-30-27-24-21-18-15-12-9-6-3)100-118-106(111)94-91-88-85-82-79-76-73-70-67-65-62-60-58-56-53-51-48-46-44-42-40-38-35-32-29-26-23-20-17-14-11-8-5-2/h9,12,16-21,25-30,34-38,41-44,63,71,74,102-104,108-109H,4-8,10-11,13-15,22-24,31-33,39-40,45-62,64-70,72-73,75-101H2,1-3H3,(H,113,114)(H,115,116)/b12-9-,19-16-,20-17-,21-18-,28-25-,29-26-,30-27-,37-34-,38-35-,43-41-,44-42-,63-36-,74-71-. The highest BCUT2D eigenvalue weighted by Gasteiger charge is 2.30. The fraction of sp³-hybridized carbons (Fsp3) is 0.729. The van der Waals surface area contributed by atoms with E-state index in [2.05, 4.69) is 179 Å². The molecule has 0 bridgehead atoms. The second-order valence-electron chi connectivity index (χ2n) is 33.9. The van der Waals surface area contributed by atoms with Gasteiger partial charge < -0.3 is 34.2 Å². The van der Waals surface area contributed by atoms with E-state index in [9.17, 15) is 43.5 Å². The molecule has 16 nitrogen and oxygen atoms in total. The Morgan fingerprint density at radius 2 is 0.424 bits per heavy atom. The van der Waals surface area contributed by atoms with Crippen molar-refractivity contribution >= 4 is 33.6 Å². The third-order valence-electron chi connectivity index (χ3n) is 21.7. The van der Waals surface area contributed by atoms with Crippen LogP contribution in [0.5, 0.6) is 0 Å². The van der Waals surface area contributed by atoms with Crippen LogP contribution < -0.4 is 0 Å².